The summed E-state index contributed by atoms with van der Waals surface area (Å²) >= 11 is 6.04. The van der Waals surface area contributed by atoms with Crippen molar-refractivity contribution in [3.63, 3.8) is 0 Å². The number of hydrogen-bond acceptors (Lipinski definition) is 3. The van der Waals surface area contributed by atoms with Crippen LogP contribution in [0.2, 0.25) is 5.02 Å². The van der Waals surface area contributed by atoms with E-state index in [1.807, 2.05) is 47.0 Å². The van der Waals surface area contributed by atoms with Gasteiger partial charge in [0.05, 0.1) is 0 Å². The van der Waals surface area contributed by atoms with Crippen molar-refractivity contribution >= 4 is 28.8 Å². The molecule has 0 atom stereocenters. The first-order valence-electron chi connectivity index (χ1n) is 7.74. The van der Waals surface area contributed by atoms with Gasteiger partial charge in [-0.15, -0.1) is 5.10 Å². The van der Waals surface area contributed by atoms with Crippen molar-refractivity contribution in [3.8, 4) is 0 Å². The molecule has 1 aromatic carbocycles. The summed E-state index contributed by atoms with van der Waals surface area (Å²) in [6.45, 7) is 4.16. The van der Waals surface area contributed by atoms with Gasteiger partial charge in [0, 0.05) is 17.1 Å². The molecular weight excluding hydrogens is 308 g/mol. The second-order valence-corrected chi connectivity index (χ2v) is 6.39. The van der Waals surface area contributed by atoms with Gasteiger partial charge in [-0.25, -0.2) is 4.98 Å². The maximum absolute atomic E-state index is 6.04. The Kier molecular flexibility index (Phi) is 3.54. The van der Waals surface area contributed by atoms with Crippen molar-refractivity contribution in [1.29, 1.82) is 0 Å². The first-order chi connectivity index (χ1) is 11.2. The molecule has 0 aliphatic heterocycles. The zero-order chi connectivity index (χ0) is 15.8. The topological polar surface area (TPSA) is 42.2 Å². The molecule has 2 heterocycles. The number of aromatic nitrogens is 3. The average molecular weight is 325 g/mol. The zero-order valence-corrected chi connectivity index (χ0v) is 13.4. The van der Waals surface area contributed by atoms with Crippen molar-refractivity contribution in [3.05, 3.63) is 65.5 Å². The summed E-state index contributed by atoms with van der Waals surface area (Å²) in [5.74, 6) is 2.36. The standard InChI is InChI=1S/C18H17ClN4/c1-12(13-8-9-13)10-16-21-18-7-3-6-17(23(18)22-16)20-15-5-2-4-14(19)11-15/h2-7,11,13,20H,1,8-10H2. The molecule has 116 valence electrons. The highest BCUT2D eigenvalue weighted by Crippen LogP contribution is 2.36. The molecule has 3 aromatic rings. The second-order valence-electron chi connectivity index (χ2n) is 5.95. The van der Waals surface area contributed by atoms with Gasteiger partial charge in [0.25, 0.3) is 0 Å². The van der Waals surface area contributed by atoms with Gasteiger partial charge in [0.2, 0.25) is 0 Å². The summed E-state index contributed by atoms with van der Waals surface area (Å²) in [7, 11) is 0. The van der Waals surface area contributed by atoms with Crippen LogP contribution >= 0.6 is 11.6 Å². The minimum atomic E-state index is 0.672. The Morgan fingerprint density at radius 2 is 2.09 bits per heavy atom. The van der Waals surface area contributed by atoms with E-state index in [0.29, 0.717) is 10.9 Å². The lowest BCUT2D eigenvalue weighted by molar-refractivity contribution is 0.856. The number of pyridine rings is 1. The lowest BCUT2D eigenvalue weighted by Gasteiger charge is -2.07. The molecule has 0 saturated heterocycles. The monoisotopic (exact) mass is 324 g/mol. The fraction of sp³-hybridized carbons (Fsp3) is 0.222. The zero-order valence-electron chi connectivity index (χ0n) is 12.7. The van der Waals surface area contributed by atoms with Crippen LogP contribution in [0.25, 0.3) is 5.65 Å². The van der Waals surface area contributed by atoms with Gasteiger partial charge in [-0.1, -0.05) is 35.9 Å². The molecule has 1 aliphatic rings. The van der Waals surface area contributed by atoms with Crippen molar-refractivity contribution in [2.45, 2.75) is 19.3 Å². The van der Waals surface area contributed by atoms with Crippen LogP contribution in [0.1, 0.15) is 18.7 Å². The van der Waals surface area contributed by atoms with Gasteiger partial charge in [-0.3, -0.25) is 0 Å². The predicted octanol–water partition coefficient (Wildman–Crippen LogP) is 4.64. The molecular formula is C18H17ClN4. The van der Waals surface area contributed by atoms with Crippen molar-refractivity contribution in [2.24, 2.45) is 5.92 Å². The van der Waals surface area contributed by atoms with E-state index in [2.05, 4.69) is 22.0 Å². The molecule has 5 heteroatoms. The van der Waals surface area contributed by atoms with Gasteiger partial charge in [-0.05, 0) is 49.1 Å². The van der Waals surface area contributed by atoms with E-state index in [1.165, 1.54) is 18.4 Å². The number of hydrogen-bond donors (Lipinski definition) is 1. The van der Waals surface area contributed by atoms with E-state index in [-0.39, 0.29) is 0 Å². The number of nitrogens with zero attached hydrogens (tertiary/aromatic N) is 3. The number of anilines is 2. The molecule has 1 fully saturated rings. The second kappa shape index (κ2) is 5.70. The Bertz CT molecular complexity index is 880. The summed E-state index contributed by atoms with van der Waals surface area (Å²) in [6, 6.07) is 13.5. The van der Waals surface area contributed by atoms with Crippen molar-refractivity contribution < 1.29 is 0 Å². The van der Waals surface area contributed by atoms with E-state index < -0.39 is 0 Å². The van der Waals surface area contributed by atoms with Crippen LogP contribution in [-0.2, 0) is 6.42 Å². The molecule has 0 radical (unpaired) electrons. The smallest absolute Gasteiger partial charge is 0.158 e. The SMILES string of the molecule is C=C(Cc1nc2cccc(Nc3cccc(Cl)c3)n2n1)C1CC1. The van der Waals surface area contributed by atoms with Gasteiger partial charge in [0.15, 0.2) is 11.5 Å². The van der Waals surface area contributed by atoms with Gasteiger partial charge in [-0.2, -0.15) is 4.52 Å². The largest absolute Gasteiger partial charge is 0.340 e. The maximum Gasteiger partial charge on any atom is 0.158 e. The first-order valence-corrected chi connectivity index (χ1v) is 8.12. The van der Waals surface area contributed by atoms with Crippen LogP contribution in [-0.4, -0.2) is 14.6 Å². The van der Waals surface area contributed by atoms with Crippen LogP contribution in [0.3, 0.4) is 0 Å². The lowest BCUT2D eigenvalue weighted by atomic mass is 10.1. The third-order valence-corrected chi connectivity index (χ3v) is 4.28. The van der Waals surface area contributed by atoms with E-state index in [1.54, 1.807) is 0 Å². The molecule has 4 rings (SSSR count). The molecule has 0 unspecified atom stereocenters. The van der Waals surface area contributed by atoms with Gasteiger partial charge < -0.3 is 5.32 Å². The molecule has 1 saturated carbocycles. The number of allylic oxidation sites excluding steroid dienone is 1. The number of halogens is 1. The van der Waals surface area contributed by atoms with Crippen LogP contribution in [0.15, 0.2) is 54.6 Å². The van der Waals surface area contributed by atoms with Crippen LogP contribution in [0.5, 0.6) is 0 Å². The fourth-order valence-corrected chi connectivity index (χ4v) is 2.86. The van der Waals surface area contributed by atoms with E-state index in [9.17, 15) is 0 Å². The minimum Gasteiger partial charge on any atom is -0.340 e. The van der Waals surface area contributed by atoms with E-state index >= 15 is 0 Å². The Balaban J connectivity index is 1.64. The highest BCUT2D eigenvalue weighted by atomic mass is 35.5. The average Bonchev–Trinajstić information content (AvgIpc) is 3.29. The van der Waals surface area contributed by atoms with Crippen LogP contribution in [0, 0.1) is 5.92 Å². The van der Waals surface area contributed by atoms with Gasteiger partial charge >= 0.3 is 0 Å². The molecule has 0 bridgehead atoms. The van der Waals surface area contributed by atoms with E-state index in [0.717, 1.165) is 29.4 Å². The maximum atomic E-state index is 6.04. The molecule has 23 heavy (non-hydrogen) atoms. The third kappa shape index (κ3) is 3.08. The Morgan fingerprint density at radius 1 is 1.26 bits per heavy atom. The Hall–Kier alpha value is -2.33. The molecule has 0 spiro atoms. The van der Waals surface area contributed by atoms with Crippen molar-refractivity contribution in [1.82, 2.24) is 14.6 Å². The first kappa shape index (κ1) is 14.3. The van der Waals surface area contributed by atoms with Gasteiger partial charge in [0.1, 0.15) is 5.82 Å². The summed E-state index contributed by atoms with van der Waals surface area (Å²) in [6.07, 6.45) is 3.27. The van der Waals surface area contributed by atoms with Crippen LogP contribution in [0.4, 0.5) is 11.5 Å². The highest BCUT2D eigenvalue weighted by Gasteiger charge is 2.25. The van der Waals surface area contributed by atoms with Crippen LogP contribution < -0.4 is 5.32 Å². The summed E-state index contributed by atoms with van der Waals surface area (Å²) in [4.78, 5) is 4.61. The molecule has 1 N–H and O–H groups in total. The number of benzene rings is 1. The summed E-state index contributed by atoms with van der Waals surface area (Å²) < 4.78 is 1.83. The summed E-state index contributed by atoms with van der Waals surface area (Å²) in [5, 5.41) is 8.67. The van der Waals surface area contributed by atoms with Crippen molar-refractivity contribution in [2.75, 3.05) is 5.32 Å². The number of fused-ring (bicyclic) bond motifs is 1. The molecule has 1 aliphatic carbocycles. The molecule has 4 nitrogen and oxygen atoms in total. The normalized spacial score (nSPS) is 14.1. The fourth-order valence-electron chi connectivity index (χ4n) is 2.67. The Labute approximate surface area is 139 Å². The Morgan fingerprint density at radius 3 is 2.87 bits per heavy atom. The minimum absolute atomic E-state index is 0.672. The number of nitrogens with one attached hydrogen (secondary N) is 1. The van der Waals surface area contributed by atoms with E-state index in [4.69, 9.17) is 11.6 Å². The highest BCUT2D eigenvalue weighted by molar-refractivity contribution is 6.30. The third-order valence-electron chi connectivity index (χ3n) is 4.04. The molecule has 0 amide bonds. The molecule has 2 aromatic heterocycles. The summed E-state index contributed by atoms with van der Waals surface area (Å²) in [5.41, 5.74) is 2.99. The number of rotatable bonds is 5. The quantitative estimate of drug-likeness (QED) is 0.695. The predicted molar refractivity (Wildman–Crippen MR) is 93.3 cm³/mol. The lowest BCUT2D eigenvalue weighted by Crippen LogP contribution is -2.00.